The van der Waals surface area contributed by atoms with Crippen LogP contribution in [0.3, 0.4) is 0 Å². The van der Waals surface area contributed by atoms with Crippen LogP contribution in [-0.2, 0) is 17.8 Å². The van der Waals surface area contributed by atoms with Crippen molar-refractivity contribution in [3.05, 3.63) is 59.4 Å². The lowest BCUT2D eigenvalue weighted by atomic mass is 10.1. The van der Waals surface area contributed by atoms with Gasteiger partial charge in [-0.25, -0.2) is 0 Å². The predicted molar refractivity (Wildman–Crippen MR) is 95.4 cm³/mol. The molecule has 0 spiro atoms. The van der Waals surface area contributed by atoms with E-state index in [2.05, 4.69) is 22.9 Å². The summed E-state index contributed by atoms with van der Waals surface area (Å²) in [6.45, 7) is 6.20. The van der Waals surface area contributed by atoms with Crippen LogP contribution in [0.2, 0.25) is 0 Å². The van der Waals surface area contributed by atoms with Crippen LogP contribution >= 0.6 is 0 Å². The monoisotopic (exact) mass is 337 g/mol. The maximum Gasteiger partial charge on any atom is 0.264 e. The number of nitrogens with zero attached hydrogens (tertiary/aromatic N) is 3. The van der Waals surface area contributed by atoms with Crippen molar-refractivity contribution in [3.63, 3.8) is 0 Å². The number of benzene rings is 1. The second-order valence-corrected chi connectivity index (χ2v) is 6.79. The highest BCUT2D eigenvalue weighted by Gasteiger charge is 2.33. The first kappa shape index (κ1) is 16.1. The number of piperazine rings is 1. The Balaban J connectivity index is 1.32. The van der Waals surface area contributed by atoms with Crippen LogP contribution in [0.25, 0.3) is 0 Å². The second-order valence-electron chi connectivity index (χ2n) is 6.79. The van der Waals surface area contributed by atoms with E-state index >= 15 is 0 Å². The first-order valence-electron chi connectivity index (χ1n) is 8.87. The summed E-state index contributed by atoms with van der Waals surface area (Å²) in [5.74, 6) is 0.968. The van der Waals surface area contributed by atoms with Gasteiger partial charge in [0, 0.05) is 45.3 Å². The van der Waals surface area contributed by atoms with Gasteiger partial charge in [0.2, 0.25) is 0 Å². The molecule has 0 radical (unpaired) electrons. The number of aryl methyl sites for hydroxylation is 1. The molecule has 1 amide bonds. The van der Waals surface area contributed by atoms with Gasteiger partial charge in [0.05, 0.1) is 5.69 Å². The van der Waals surface area contributed by atoms with Gasteiger partial charge in [0.1, 0.15) is 5.75 Å². The maximum absolute atomic E-state index is 12.8. The third kappa shape index (κ3) is 3.37. The molecule has 3 heterocycles. The summed E-state index contributed by atoms with van der Waals surface area (Å²) >= 11 is 0. The van der Waals surface area contributed by atoms with E-state index in [-0.39, 0.29) is 12.0 Å². The molecule has 130 valence electrons. The third-order valence-electron chi connectivity index (χ3n) is 5.10. The molecule has 4 rings (SSSR count). The van der Waals surface area contributed by atoms with Gasteiger partial charge >= 0.3 is 0 Å². The topological polar surface area (TPSA) is 45.7 Å². The van der Waals surface area contributed by atoms with Crippen LogP contribution in [0, 0.1) is 6.92 Å². The lowest BCUT2D eigenvalue weighted by Gasteiger charge is -2.35. The maximum atomic E-state index is 12.8. The number of pyridine rings is 1. The van der Waals surface area contributed by atoms with E-state index in [1.54, 1.807) is 0 Å². The SMILES string of the molecule is Cc1cccnc1CN1CCN(C(=O)C2Cc3ccccc3O2)CC1. The largest absolute Gasteiger partial charge is 0.480 e. The average molecular weight is 337 g/mol. The molecule has 1 aromatic heterocycles. The van der Waals surface area contributed by atoms with E-state index in [4.69, 9.17) is 4.74 Å². The summed E-state index contributed by atoms with van der Waals surface area (Å²) in [5.41, 5.74) is 3.47. The van der Waals surface area contributed by atoms with Gasteiger partial charge < -0.3 is 9.64 Å². The quantitative estimate of drug-likeness (QED) is 0.860. The van der Waals surface area contributed by atoms with Crippen molar-refractivity contribution in [3.8, 4) is 5.75 Å². The molecule has 5 heteroatoms. The first-order valence-corrected chi connectivity index (χ1v) is 8.87. The Labute approximate surface area is 148 Å². The fourth-order valence-electron chi connectivity index (χ4n) is 3.55. The first-order chi connectivity index (χ1) is 12.2. The molecule has 0 aliphatic carbocycles. The van der Waals surface area contributed by atoms with Gasteiger partial charge in [-0.15, -0.1) is 0 Å². The van der Waals surface area contributed by atoms with Crippen LogP contribution in [-0.4, -0.2) is 53.0 Å². The van der Waals surface area contributed by atoms with Gasteiger partial charge in [-0.05, 0) is 30.2 Å². The minimum Gasteiger partial charge on any atom is -0.480 e. The molecule has 2 aliphatic heterocycles. The fraction of sp³-hybridized carbons (Fsp3) is 0.400. The second kappa shape index (κ2) is 6.84. The van der Waals surface area contributed by atoms with Crippen molar-refractivity contribution >= 4 is 5.91 Å². The Hall–Kier alpha value is -2.40. The van der Waals surface area contributed by atoms with Gasteiger partial charge in [-0.2, -0.15) is 0 Å². The molecule has 25 heavy (non-hydrogen) atoms. The van der Waals surface area contributed by atoms with Crippen LogP contribution < -0.4 is 4.74 Å². The predicted octanol–water partition coefficient (Wildman–Crippen LogP) is 2.04. The van der Waals surface area contributed by atoms with Gasteiger partial charge in [0.25, 0.3) is 5.91 Å². The van der Waals surface area contributed by atoms with Crippen LogP contribution in [0.15, 0.2) is 42.6 Å². The molecule has 2 aliphatic rings. The van der Waals surface area contributed by atoms with Gasteiger partial charge in [-0.1, -0.05) is 24.3 Å². The summed E-state index contributed by atoms with van der Waals surface area (Å²) in [6, 6.07) is 12.0. The molecule has 0 N–H and O–H groups in total. The zero-order valence-electron chi connectivity index (χ0n) is 14.5. The minimum absolute atomic E-state index is 0.116. The number of carbonyl (C=O) groups is 1. The van der Waals surface area contributed by atoms with Crippen molar-refractivity contribution in [2.24, 2.45) is 0 Å². The molecule has 1 fully saturated rings. The molecule has 1 saturated heterocycles. The fourth-order valence-corrected chi connectivity index (χ4v) is 3.55. The lowest BCUT2D eigenvalue weighted by Crippen LogP contribution is -2.52. The minimum atomic E-state index is -0.359. The number of amides is 1. The van der Waals surface area contributed by atoms with Crippen LogP contribution in [0.4, 0.5) is 0 Å². The summed E-state index contributed by atoms with van der Waals surface area (Å²) < 4.78 is 5.85. The molecular formula is C20H23N3O2. The standard InChI is InChI=1S/C20H23N3O2/c1-15-5-4-8-21-17(15)14-22-9-11-23(12-10-22)20(24)19-13-16-6-2-3-7-18(16)25-19/h2-8,19H,9-14H2,1H3. The zero-order valence-corrected chi connectivity index (χ0v) is 14.5. The molecule has 2 aromatic rings. The van der Waals surface area contributed by atoms with E-state index < -0.39 is 0 Å². The molecular weight excluding hydrogens is 314 g/mol. The Morgan fingerprint density at radius 3 is 2.72 bits per heavy atom. The van der Waals surface area contributed by atoms with Crippen molar-refractivity contribution in [2.45, 2.75) is 26.0 Å². The van der Waals surface area contributed by atoms with E-state index in [1.165, 1.54) is 5.56 Å². The summed E-state index contributed by atoms with van der Waals surface area (Å²) in [7, 11) is 0. The number of carbonyl (C=O) groups excluding carboxylic acids is 1. The van der Waals surface area contributed by atoms with E-state index in [0.717, 1.165) is 49.7 Å². The molecule has 0 saturated carbocycles. The number of hydrogen-bond donors (Lipinski definition) is 0. The summed E-state index contributed by atoms with van der Waals surface area (Å²) in [6.07, 6.45) is 2.17. The smallest absolute Gasteiger partial charge is 0.264 e. The Bertz CT molecular complexity index is 744. The number of para-hydroxylation sites is 1. The highest BCUT2D eigenvalue weighted by Crippen LogP contribution is 2.29. The number of aromatic nitrogens is 1. The lowest BCUT2D eigenvalue weighted by molar-refractivity contribution is -0.139. The third-order valence-corrected chi connectivity index (χ3v) is 5.10. The van der Waals surface area contributed by atoms with Crippen molar-refractivity contribution < 1.29 is 9.53 Å². The Morgan fingerprint density at radius 1 is 1.16 bits per heavy atom. The van der Waals surface area contributed by atoms with Crippen LogP contribution in [0.5, 0.6) is 5.75 Å². The van der Waals surface area contributed by atoms with Crippen molar-refractivity contribution in [1.82, 2.24) is 14.8 Å². The average Bonchev–Trinajstić information content (AvgIpc) is 3.08. The normalized spacial score (nSPS) is 20.2. The molecule has 0 bridgehead atoms. The van der Waals surface area contributed by atoms with Crippen molar-refractivity contribution in [2.75, 3.05) is 26.2 Å². The molecule has 1 aromatic carbocycles. The number of fused-ring (bicyclic) bond motifs is 1. The van der Waals surface area contributed by atoms with Crippen molar-refractivity contribution in [1.29, 1.82) is 0 Å². The van der Waals surface area contributed by atoms with E-state index in [9.17, 15) is 4.79 Å². The number of ether oxygens (including phenoxy) is 1. The summed E-state index contributed by atoms with van der Waals surface area (Å²) in [4.78, 5) is 21.5. The van der Waals surface area contributed by atoms with E-state index in [1.807, 2.05) is 41.4 Å². The van der Waals surface area contributed by atoms with E-state index in [0.29, 0.717) is 6.42 Å². The van der Waals surface area contributed by atoms with Gasteiger partial charge in [0.15, 0.2) is 6.10 Å². The highest BCUT2D eigenvalue weighted by molar-refractivity contribution is 5.82. The molecule has 5 nitrogen and oxygen atoms in total. The van der Waals surface area contributed by atoms with Gasteiger partial charge in [-0.3, -0.25) is 14.7 Å². The molecule has 1 atom stereocenters. The highest BCUT2D eigenvalue weighted by atomic mass is 16.5. The number of rotatable bonds is 3. The Morgan fingerprint density at radius 2 is 1.96 bits per heavy atom. The number of hydrogen-bond acceptors (Lipinski definition) is 4. The molecule has 1 unspecified atom stereocenters. The zero-order chi connectivity index (χ0) is 17.2. The summed E-state index contributed by atoms with van der Waals surface area (Å²) in [5, 5.41) is 0. The van der Waals surface area contributed by atoms with Crippen LogP contribution in [0.1, 0.15) is 16.8 Å². The Kier molecular flexibility index (Phi) is 4.40.